The largest absolute Gasteiger partial charge is 0.469 e. The van der Waals surface area contributed by atoms with Crippen LogP contribution in [0.25, 0.3) is 10.9 Å². The third-order valence-corrected chi connectivity index (χ3v) is 3.69. The van der Waals surface area contributed by atoms with Gasteiger partial charge in [0.05, 0.1) is 11.2 Å². The minimum absolute atomic E-state index is 0.139. The van der Waals surface area contributed by atoms with Gasteiger partial charge in [-0.25, -0.2) is 0 Å². The monoisotopic (exact) mass is 313 g/mol. The fourth-order valence-corrected chi connectivity index (χ4v) is 2.78. The number of rotatable bonds is 4. The van der Waals surface area contributed by atoms with E-state index >= 15 is 0 Å². The maximum Gasteiger partial charge on any atom is 0.221 e. The zero-order chi connectivity index (χ0) is 16.6. The van der Waals surface area contributed by atoms with Gasteiger partial charge < -0.3 is 19.1 Å². The molecule has 0 radical (unpaired) electrons. The van der Waals surface area contributed by atoms with E-state index in [1.807, 2.05) is 49.7 Å². The lowest BCUT2D eigenvalue weighted by Crippen LogP contribution is -2.08. The Labute approximate surface area is 134 Å². The molecule has 0 bridgehead atoms. The number of carbonyl (C=O) groups excluding carboxylic acids is 1. The van der Waals surface area contributed by atoms with E-state index in [1.165, 1.54) is 6.92 Å². The maximum absolute atomic E-state index is 11.6. The fourth-order valence-electron chi connectivity index (χ4n) is 2.78. The molecule has 1 amide bonds. The summed E-state index contributed by atoms with van der Waals surface area (Å²) in [6, 6.07) is 7.79. The van der Waals surface area contributed by atoms with E-state index < -0.39 is 0 Å². The van der Waals surface area contributed by atoms with E-state index in [0.717, 1.165) is 22.2 Å². The number of carbonyl (C=O) groups is 1. The number of nitrogens with one attached hydrogen (secondary N) is 1. The Morgan fingerprint density at radius 2 is 2.17 bits per heavy atom. The molecule has 2 aromatic heterocycles. The van der Waals surface area contributed by atoms with Gasteiger partial charge >= 0.3 is 0 Å². The smallest absolute Gasteiger partial charge is 0.221 e. The number of fused-ring (bicyclic) bond motifs is 1. The Morgan fingerprint density at radius 1 is 1.39 bits per heavy atom. The van der Waals surface area contributed by atoms with Gasteiger partial charge in [0.2, 0.25) is 11.8 Å². The first-order valence-corrected chi connectivity index (χ1v) is 7.38. The van der Waals surface area contributed by atoms with Crippen molar-refractivity contribution in [2.45, 2.75) is 27.4 Å². The molecule has 0 saturated carbocycles. The fraction of sp³-hybridized carbons (Fsp3) is 0.294. The van der Waals surface area contributed by atoms with Crippen molar-refractivity contribution in [1.29, 1.82) is 0 Å². The summed E-state index contributed by atoms with van der Waals surface area (Å²) in [5.74, 6) is 1.09. The number of hydrogen-bond donors (Lipinski definition) is 1. The topological polar surface area (TPSA) is 69.3 Å². The van der Waals surface area contributed by atoms with Gasteiger partial charge in [-0.15, -0.1) is 0 Å². The summed E-state index contributed by atoms with van der Waals surface area (Å²) in [5, 5.41) is 7.67. The van der Waals surface area contributed by atoms with Gasteiger partial charge in [-0.1, -0.05) is 23.4 Å². The normalized spacial score (nSPS) is 11.0. The lowest BCUT2D eigenvalue weighted by Gasteiger charge is -2.09. The average Bonchev–Trinajstić information content (AvgIpc) is 3.01. The average molecular weight is 313 g/mol. The van der Waals surface area contributed by atoms with E-state index in [2.05, 4.69) is 10.5 Å². The first-order chi connectivity index (χ1) is 11.0. The van der Waals surface area contributed by atoms with Crippen molar-refractivity contribution < 1.29 is 14.1 Å². The van der Waals surface area contributed by atoms with Crippen molar-refractivity contribution in [3.05, 3.63) is 41.3 Å². The van der Waals surface area contributed by atoms with E-state index in [0.29, 0.717) is 17.3 Å². The van der Waals surface area contributed by atoms with Crippen LogP contribution in [0, 0.1) is 13.8 Å². The van der Waals surface area contributed by atoms with Gasteiger partial charge in [0, 0.05) is 25.4 Å². The van der Waals surface area contributed by atoms with Crippen LogP contribution in [-0.4, -0.2) is 15.6 Å². The number of aromatic nitrogens is 2. The minimum atomic E-state index is -0.139. The van der Waals surface area contributed by atoms with Crippen molar-refractivity contribution in [3.8, 4) is 5.88 Å². The molecule has 0 fully saturated rings. The number of aryl methyl sites for hydroxylation is 3. The minimum Gasteiger partial charge on any atom is -0.469 e. The highest BCUT2D eigenvalue weighted by Gasteiger charge is 2.19. The standard InChI is InChI=1S/C17H19N3O3/c1-10-6-5-7-14-15(18-12(3)21)17(20(4)16(10)14)22-9-13-8-11(2)19-23-13/h5-8H,9H2,1-4H3,(H,18,21). The number of nitrogens with zero attached hydrogens (tertiary/aromatic N) is 2. The van der Waals surface area contributed by atoms with Crippen LogP contribution in [-0.2, 0) is 18.4 Å². The molecule has 1 aromatic carbocycles. The van der Waals surface area contributed by atoms with Crippen molar-refractivity contribution in [2.24, 2.45) is 7.05 Å². The summed E-state index contributed by atoms with van der Waals surface area (Å²) in [6.07, 6.45) is 0. The molecule has 0 saturated heterocycles. The Morgan fingerprint density at radius 3 is 2.83 bits per heavy atom. The highest BCUT2D eigenvalue weighted by Crippen LogP contribution is 2.38. The summed E-state index contributed by atoms with van der Waals surface area (Å²) >= 11 is 0. The van der Waals surface area contributed by atoms with Gasteiger partial charge in [0.25, 0.3) is 0 Å². The summed E-state index contributed by atoms with van der Waals surface area (Å²) in [6.45, 7) is 5.62. The molecule has 2 heterocycles. The number of anilines is 1. The van der Waals surface area contributed by atoms with Gasteiger partial charge in [-0.2, -0.15) is 0 Å². The Bertz CT molecular complexity index is 877. The van der Waals surface area contributed by atoms with E-state index in [9.17, 15) is 4.79 Å². The molecule has 0 unspecified atom stereocenters. The van der Waals surface area contributed by atoms with Crippen molar-refractivity contribution >= 4 is 22.5 Å². The summed E-state index contributed by atoms with van der Waals surface area (Å²) in [5.41, 5.74) is 3.62. The Balaban J connectivity index is 2.04. The van der Waals surface area contributed by atoms with Crippen LogP contribution < -0.4 is 10.1 Å². The Hall–Kier alpha value is -2.76. The molecule has 0 atom stereocenters. The molecule has 0 spiro atoms. The first kappa shape index (κ1) is 15.1. The van der Waals surface area contributed by atoms with E-state index in [-0.39, 0.29) is 12.5 Å². The third-order valence-electron chi connectivity index (χ3n) is 3.69. The second kappa shape index (κ2) is 5.79. The predicted octanol–water partition coefficient (Wildman–Crippen LogP) is 3.32. The molecule has 3 aromatic rings. The SMILES string of the molecule is CC(=O)Nc1c(OCc2cc(C)no2)n(C)c2c(C)cccc12. The second-order valence-corrected chi connectivity index (χ2v) is 5.61. The molecule has 0 aliphatic rings. The quantitative estimate of drug-likeness (QED) is 0.802. The van der Waals surface area contributed by atoms with E-state index in [1.54, 1.807) is 0 Å². The van der Waals surface area contributed by atoms with Crippen LogP contribution in [0.3, 0.4) is 0 Å². The second-order valence-electron chi connectivity index (χ2n) is 5.61. The first-order valence-electron chi connectivity index (χ1n) is 7.38. The van der Waals surface area contributed by atoms with Crippen molar-refractivity contribution in [2.75, 3.05) is 5.32 Å². The lowest BCUT2D eigenvalue weighted by molar-refractivity contribution is -0.114. The van der Waals surface area contributed by atoms with E-state index in [4.69, 9.17) is 9.26 Å². The summed E-state index contributed by atoms with van der Waals surface area (Å²) in [4.78, 5) is 11.6. The summed E-state index contributed by atoms with van der Waals surface area (Å²) in [7, 11) is 1.92. The van der Waals surface area contributed by atoms with Crippen LogP contribution in [0.4, 0.5) is 5.69 Å². The lowest BCUT2D eigenvalue weighted by atomic mass is 10.1. The number of ether oxygens (including phenoxy) is 1. The maximum atomic E-state index is 11.6. The number of hydrogen-bond acceptors (Lipinski definition) is 4. The molecule has 120 valence electrons. The number of amides is 1. The molecule has 1 N–H and O–H groups in total. The molecule has 23 heavy (non-hydrogen) atoms. The molecule has 6 nitrogen and oxygen atoms in total. The van der Waals surface area contributed by atoms with Crippen LogP contribution in [0.5, 0.6) is 5.88 Å². The van der Waals surface area contributed by atoms with Crippen LogP contribution in [0.15, 0.2) is 28.8 Å². The molecule has 0 aliphatic heterocycles. The molecule has 0 aliphatic carbocycles. The van der Waals surface area contributed by atoms with Crippen molar-refractivity contribution in [1.82, 2.24) is 9.72 Å². The zero-order valence-corrected chi connectivity index (χ0v) is 13.6. The van der Waals surface area contributed by atoms with Gasteiger partial charge in [0.1, 0.15) is 5.69 Å². The highest BCUT2D eigenvalue weighted by atomic mass is 16.5. The van der Waals surface area contributed by atoms with Gasteiger partial charge in [-0.05, 0) is 19.4 Å². The molecular weight excluding hydrogens is 294 g/mol. The van der Waals surface area contributed by atoms with Gasteiger partial charge in [-0.3, -0.25) is 4.79 Å². The van der Waals surface area contributed by atoms with Crippen LogP contribution in [0.2, 0.25) is 0 Å². The molecule has 3 rings (SSSR count). The molecular formula is C17H19N3O3. The number of benzene rings is 1. The highest BCUT2D eigenvalue weighted by molar-refractivity contribution is 6.05. The molecule has 6 heteroatoms. The van der Waals surface area contributed by atoms with Crippen LogP contribution >= 0.6 is 0 Å². The summed E-state index contributed by atoms with van der Waals surface area (Å²) < 4.78 is 13.0. The zero-order valence-electron chi connectivity index (χ0n) is 13.6. The number of para-hydroxylation sites is 1. The van der Waals surface area contributed by atoms with Crippen molar-refractivity contribution in [3.63, 3.8) is 0 Å². The van der Waals surface area contributed by atoms with Gasteiger partial charge in [0.15, 0.2) is 12.4 Å². The Kier molecular flexibility index (Phi) is 3.82. The third kappa shape index (κ3) is 2.79. The van der Waals surface area contributed by atoms with Crippen LogP contribution in [0.1, 0.15) is 23.9 Å². The predicted molar refractivity (Wildman–Crippen MR) is 87.5 cm³/mol.